The second-order valence-corrected chi connectivity index (χ2v) is 5.26. The summed E-state index contributed by atoms with van der Waals surface area (Å²) in [5.74, 6) is -5.59. The van der Waals surface area contributed by atoms with E-state index in [0.717, 1.165) is 5.56 Å². The maximum absolute atomic E-state index is 12.4. The van der Waals surface area contributed by atoms with Gasteiger partial charge in [-0.15, -0.1) is 0 Å². The lowest BCUT2D eigenvalue weighted by Crippen LogP contribution is -2.35. The van der Waals surface area contributed by atoms with E-state index in [0.29, 0.717) is 0 Å². The van der Waals surface area contributed by atoms with Crippen molar-refractivity contribution in [2.24, 2.45) is 5.92 Å². The van der Waals surface area contributed by atoms with Crippen molar-refractivity contribution in [1.82, 2.24) is 0 Å². The van der Waals surface area contributed by atoms with Gasteiger partial charge in [0, 0.05) is 4.90 Å². The fraction of sp³-hybridized carbons (Fsp3) is 0.364. The van der Waals surface area contributed by atoms with Crippen LogP contribution in [0.1, 0.15) is 5.56 Å². The van der Waals surface area contributed by atoms with Gasteiger partial charge in [-0.3, -0.25) is 9.00 Å². The Bertz CT molecular complexity index is 471. The first-order valence-corrected chi connectivity index (χ1v) is 6.28. The molecule has 100 valence electrons. The predicted octanol–water partition coefficient (Wildman–Crippen LogP) is 2.37. The first kappa shape index (κ1) is 14.7. The number of alkyl halides is 3. The first-order valence-electron chi connectivity index (χ1n) is 4.96. The van der Waals surface area contributed by atoms with Crippen molar-refractivity contribution < 1.29 is 27.3 Å². The smallest absolute Gasteiger partial charge is 0.403 e. The molecule has 0 spiro atoms. The normalized spacial score (nSPS) is 15.1. The highest BCUT2D eigenvalue weighted by Crippen LogP contribution is 2.28. The highest BCUT2D eigenvalue weighted by molar-refractivity contribution is 7.85. The van der Waals surface area contributed by atoms with Crippen molar-refractivity contribution in [2.75, 3.05) is 5.75 Å². The summed E-state index contributed by atoms with van der Waals surface area (Å²) in [6.45, 7) is 1.71. The van der Waals surface area contributed by atoms with Crippen molar-refractivity contribution in [3.05, 3.63) is 29.8 Å². The Labute approximate surface area is 104 Å². The molecule has 0 radical (unpaired) electrons. The van der Waals surface area contributed by atoms with Crippen molar-refractivity contribution >= 4 is 16.8 Å². The van der Waals surface area contributed by atoms with E-state index in [9.17, 15) is 22.2 Å². The third kappa shape index (κ3) is 3.83. The Hall–Kier alpha value is -1.37. The van der Waals surface area contributed by atoms with Gasteiger partial charge in [0.15, 0.2) is 5.92 Å². The van der Waals surface area contributed by atoms with E-state index in [2.05, 4.69) is 0 Å². The molecule has 0 amide bonds. The lowest BCUT2D eigenvalue weighted by atomic mass is 10.2. The van der Waals surface area contributed by atoms with Gasteiger partial charge in [-0.25, -0.2) is 0 Å². The van der Waals surface area contributed by atoms with Crippen LogP contribution in [0.5, 0.6) is 0 Å². The van der Waals surface area contributed by atoms with E-state index >= 15 is 0 Å². The molecular formula is C11H11F3O3S. The third-order valence-corrected chi connectivity index (χ3v) is 3.68. The molecule has 18 heavy (non-hydrogen) atoms. The van der Waals surface area contributed by atoms with Crippen LogP contribution < -0.4 is 0 Å². The Morgan fingerprint density at radius 3 is 2.50 bits per heavy atom. The molecule has 2 atom stereocenters. The zero-order valence-electron chi connectivity index (χ0n) is 9.40. The number of aryl methyl sites for hydroxylation is 1. The number of hydrogen-bond donors (Lipinski definition) is 1. The van der Waals surface area contributed by atoms with E-state index in [4.69, 9.17) is 5.11 Å². The highest BCUT2D eigenvalue weighted by atomic mass is 32.2. The number of hydrogen-bond acceptors (Lipinski definition) is 2. The molecule has 0 fully saturated rings. The van der Waals surface area contributed by atoms with E-state index in [1.165, 1.54) is 12.1 Å². The van der Waals surface area contributed by atoms with E-state index in [1.54, 1.807) is 19.1 Å². The highest BCUT2D eigenvalue weighted by Gasteiger charge is 2.46. The van der Waals surface area contributed by atoms with Gasteiger partial charge >= 0.3 is 12.1 Å². The maximum atomic E-state index is 12.4. The van der Waals surface area contributed by atoms with Crippen LogP contribution >= 0.6 is 0 Å². The van der Waals surface area contributed by atoms with Crippen molar-refractivity contribution in [3.63, 3.8) is 0 Å². The van der Waals surface area contributed by atoms with Crippen LogP contribution in [0.3, 0.4) is 0 Å². The molecule has 0 saturated carbocycles. The minimum absolute atomic E-state index is 0.200. The molecule has 1 aromatic rings. The second-order valence-electron chi connectivity index (χ2n) is 3.76. The Morgan fingerprint density at radius 2 is 2.06 bits per heavy atom. The molecule has 0 heterocycles. The van der Waals surface area contributed by atoms with Gasteiger partial charge in [0.25, 0.3) is 0 Å². The minimum Gasteiger partial charge on any atom is -0.481 e. The second kappa shape index (κ2) is 5.51. The van der Waals surface area contributed by atoms with Gasteiger partial charge in [0.05, 0.1) is 16.6 Å². The standard InChI is InChI=1S/C11H11F3O3S/c1-7-3-2-4-8(5-7)18(17)6-9(10(15)16)11(12,13)14/h2-5,9H,6H2,1H3,(H,15,16). The SMILES string of the molecule is Cc1cccc(S(=O)CC(C(=O)O)C(F)(F)F)c1. The van der Waals surface area contributed by atoms with Crippen molar-refractivity contribution in [2.45, 2.75) is 18.0 Å². The van der Waals surface area contributed by atoms with Crippen LogP contribution in [0.2, 0.25) is 0 Å². The van der Waals surface area contributed by atoms with Crippen LogP contribution in [-0.4, -0.2) is 27.2 Å². The van der Waals surface area contributed by atoms with Gasteiger partial charge in [-0.05, 0) is 24.6 Å². The summed E-state index contributed by atoms with van der Waals surface area (Å²) in [5.41, 5.74) is 0.750. The monoisotopic (exact) mass is 280 g/mol. The lowest BCUT2D eigenvalue weighted by molar-refractivity contribution is -0.188. The van der Waals surface area contributed by atoms with Gasteiger partial charge < -0.3 is 5.11 Å². The molecule has 0 aliphatic rings. The Balaban J connectivity index is 2.89. The third-order valence-electron chi connectivity index (χ3n) is 2.26. The molecular weight excluding hydrogens is 269 g/mol. The number of carboxylic acids is 1. The molecule has 0 aliphatic heterocycles. The molecule has 3 nitrogen and oxygen atoms in total. The van der Waals surface area contributed by atoms with Gasteiger partial charge in [-0.1, -0.05) is 12.1 Å². The van der Waals surface area contributed by atoms with Crippen LogP contribution in [0.15, 0.2) is 29.2 Å². The molecule has 0 saturated heterocycles. The maximum Gasteiger partial charge on any atom is 0.403 e. The largest absolute Gasteiger partial charge is 0.481 e. The number of carbonyl (C=O) groups is 1. The molecule has 2 unspecified atom stereocenters. The summed E-state index contributed by atoms with van der Waals surface area (Å²) in [6.07, 6.45) is -4.90. The van der Waals surface area contributed by atoms with Gasteiger partial charge in [-0.2, -0.15) is 13.2 Å². The van der Waals surface area contributed by atoms with Gasteiger partial charge in [0.2, 0.25) is 0 Å². The topological polar surface area (TPSA) is 54.4 Å². The summed E-state index contributed by atoms with van der Waals surface area (Å²) in [5, 5.41) is 8.50. The number of halogens is 3. The zero-order valence-corrected chi connectivity index (χ0v) is 10.2. The van der Waals surface area contributed by atoms with Crippen LogP contribution in [0.25, 0.3) is 0 Å². The van der Waals surface area contributed by atoms with Crippen molar-refractivity contribution in [1.29, 1.82) is 0 Å². The number of rotatable bonds is 4. The Morgan fingerprint density at radius 1 is 1.44 bits per heavy atom. The van der Waals surface area contributed by atoms with Crippen LogP contribution in [-0.2, 0) is 15.6 Å². The van der Waals surface area contributed by atoms with E-state index in [-0.39, 0.29) is 4.90 Å². The lowest BCUT2D eigenvalue weighted by Gasteiger charge is -2.15. The molecule has 1 N–H and O–H groups in total. The Kier molecular flexibility index (Phi) is 4.50. The molecule has 0 bridgehead atoms. The summed E-state index contributed by atoms with van der Waals surface area (Å²) < 4.78 is 48.9. The van der Waals surface area contributed by atoms with Crippen LogP contribution in [0.4, 0.5) is 13.2 Å². The summed E-state index contributed by atoms with van der Waals surface area (Å²) in [6, 6.07) is 6.16. The number of aliphatic carboxylic acids is 1. The van der Waals surface area contributed by atoms with Gasteiger partial charge in [0.1, 0.15) is 0 Å². The molecule has 1 aromatic carbocycles. The summed E-state index contributed by atoms with van der Waals surface area (Å²) in [4.78, 5) is 10.7. The average Bonchev–Trinajstić information content (AvgIpc) is 2.23. The summed E-state index contributed by atoms with van der Waals surface area (Å²) in [7, 11) is -1.99. The molecule has 0 aromatic heterocycles. The fourth-order valence-corrected chi connectivity index (χ4v) is 2.68. The quantitative estimate of drug-likeness (QED) is 0.921. The van der Waals surface area contributed by atoms with E-state index in [1.807, 2.05) is 0 Å². The minimum atomic E-state index is -4.90. The van der Waals surface area contributed by atoms with Crippen molar-refractivity contribution in [3.8, 4) is 0 Å². The van der Waals surface area contributed by atoms with E-state index < -0.39 is 34.6 Å². The predicted molar refractivity (Wildman–Crippen MR) is 59.6 cm³/mol. The van der Waals surface area contributed by atoms with Crippen LogP contribution in [0, 0.1) is 12.8 Å². The molecule has 7 heteroatoms. The molecule has 1 rings (SSSR count). The number of benzene rings is 1. The first-order chi connectivity index (χ1) is 8.21. The average molecular weight is 280 g/mol. The molecule has 0 aliphatic carbocycles. The number of carboxylic acid groups (broad SMARTS) is 1. The zero-order chi connectivity index (χ0) is 13.9. The fourth-order valence-electron chi connectivity index (χ4n) is 1.31. The summed E-state index contributed by atoms with van der Waals surface area (Å²) >= 11 is 0.